The second-order valence-electron chi connectivity index (χ2n) is 1.24. The summed E-state index contributed by atoms with van der Waals surface area (Å²) >= 11 is 0. The van der Waals surface area contributed by atoms with Crippen LogP contribution in [0.25, 0.3) is 0 Å². The topological polar surface area (TPSA) is 17.1 Å². The van der Waals surface area contributed by atoms with Gasteiger partial charge in [-0.15, -0.1) is 0 Å². The van der Waals surface area contributed by atoms with E-state index >= 15 is 0 Å². The molecule has 2 radical (unpaired) electrons. The van der Waals surface area contributed by atoms with Crippen molar-refractivity contribution in [3.8, 4) is 0 Å². The van der Waals surface area contributed by atoms with Gasteiger partial charge in [0.25, 0.3) is 0 Å². The van der Waals surface area contributed by atoms with E-state index in [0.29, 0.717) is 6.29 Å². The molecule has 1 nitrogen and oxygen atoms in total. The van der Waals surface area contributed by atoms with Gasteiger partial charge in [-0.05, 0) is 12.7 Å². The van der Waals surface area contributed by atoms with Gasteiger partial charge in [0.1, 0.15) is 6.29 Å². The monoisotopic (exact) mass is 94.1 g/mol. The van der Waals surface area contributed by atoms with E-state index in [1.165, 1.54) is 0 Å². The van der Waals surface area contributed by atoms with Crippen molar-refractivity contribution in [1.29, 1.82) is 0 Å². The van der Waals surface area contributed by atoms with Crippen LogP contribution < -0.4 is 0 Å². The van der Waals surface area contributed by atoms with E-state index in [2.05, 4.69) is 0 Å². The van der Waals surface area contributed by atoms with Crippen LogP contribution in [0, 0.1) is 0 Å². The third-order valence-electron chi connectivity index (χ3n) is 0.572. The molecule has 36 valence electrons. The van der Waals surface area contributed by atoms with Crippen LogP contribution in [-0.4, -0.2) is 14.1 Å². The van der Waals surface area contributed by atoms with Crippen molar-refractivity contribution in [2.24, 2.45) is 0 Å². The molecule has 0 aromatic carbocycles. The maximum atomic E-state index is 9.72. The van der Waals surface area contributed by atoms with Crippen molar-refractivity contribution in [1.82, 2.24) is 0 Å². The number of carbonyl (C=O) groups excluding carboxylic acids is 1. The summed E-state index contributed by atoms with van der Waals surface area (Å²) in [6.45, 7) is 1.82. The molecular formula is C5H7BO. The number of aldehydes is 1. The number of allylic oxidation sites excluding steroid dienone is 2. The van der Waals surface area contributed by atoms with Crippen LogP contribution in [0.15, 0.2) is 12.2 Å². The summed E-state index contributed by atoms with van der Waals surface area (Å²) in [5.41, 5.74) is 0. The Labute approximate surface area is 44.8 Å². The molecule has 1 atom stereocenters. The Morgan fingerprint density at radius 1 is 1.71 bits per heavy atom. The fourth-order valence-corrected chi connectivity index (χ4v) is 0.268. The van der Waals surface area contributed by atoms with E-state index in [9.17, 15) is 4.79 Å². The molecule has 0 rings (SSSR count). The van der Waals surface area contributed by atoms with Crippen molar-refractivity contribution >= 4 is 14.1 Å². The summed E-state index contributed by atoms with van der Waals surface area (Å²) in [6.07, 6.45) is 4.08. The zero-order valence-electron chi connectivity index (χ0n) is 4.29. The lowest BCUT2D eigenvalue weighted by Crippen LogP contribution is -1.85. The number of hydrogen-bond acceptors (Lipinski definition) is 1. The Hall–Kier alpha value is -0.525. The minimum atomic E-state index is -0.412. The highest BCUT2D eigenvalue weighted by Gasteiger charge is 1.86. The van der Waals surface area contributed by atoms with Gasteiger partial charge in [-0.2, -0.15) is 0 Å². The second-order valence-corrected chi connectivity index (χ2v) is 1.24. The van der Waals surface area contributed by atoms with Crippen LogP contribution in [-0.2, 0) is 4.79 Å². The Bertz CT molecular complexity index is 78.1. The van der Waals surface area contributed by atoms with Crippen molar-refractivity contribution in [2.45, 2.75) is 12.7 Å². The Morgan fingerprint density at radius 3 is 2.43 bits per heavy atom. The van der Waals surface area contributed by atoms with Gasteiger partial charge >= 0.3 is 0 Å². The Morgan fingerprint density at radius 2 is 2.29 bits per heavy atom. The fourth-order valence-electron chi connectivity index (χ4n) is 0.268. The zero-order chi connectivity index (χ0) is 5.70. The maximum absolute atomic E-state index is 9.72. The van der Waals surface area contributed by atoms with Gasteiger partial charge in [0.2, 0.25) is 0 Å². The third kappa shape index (κ3) is 3.30. The molecule has 0 N–H and O–H groups in total. The highest BCUT2D eigenvalue weighted by Crippen LogP contribution is 1.91. The van der Waals surface area contributed by atoms with Crippen molar-refractivity contribution in [3.63, 3.8) is 0 Å². The summed E-state index contributed by atoms with van der Waals surface area (Å²) in [5, 5.41) is 0. The Kier molecular flexibility index (Phi) is 3.38. The zero-order valence-corrected chi connectivity index (χ0v) is 4.29. The molecule has 0 aliphatic rings. The number of hydrogen-bond donors (Lipinski definition) is 0. The molecule has 0 fully saturated rings. The quantitative estimate of drug-likeness (QED) is 0.280. The van der Waals surface area contributed by atoms with Crippen molar-refractivity contribution < 1.29 is 4.79 Å². The molecule has 7 heavy (non-hydrogen) atoms. The molecule has 0 amide bonds. The first-order chi connectivity index (χ1) is 3.31. The average Bonchev–Trinajstić information content (AvgIpc) is 1.68. The predicted octanol–water partition coefficient (Wildman–Crippen LogP) is 0.718. The number of carbonyl (C=O) groups is 1. The summed E-state index contributed by atoms with van der Waals surface area (Å²) in [4.78, 5) is 9.72. The van der Waals surface area contributed by atoms with E-state index in [-0.39, 0.29) is 0 Å². The van der Waals surface area contributed by atoms with Gasteiger partial charge in [0, 0.05) is 0 Å². The minimum absolute atomic E-state index is 0.412. The van der Waals surface area contributed by atoms with E-state index in [0.717, 1.165) is 0 Å². The SMILES string of the molecule is [B]C(C=O)/C=C\C. The van der Waals surface area contributed by atoms with E-state index in [1.807, 2.05) is 6.92 Å². The van der Waals surface area contributed by atoms with Crippen LogP contribution in [0.3, 0.4) is 0 Å². The normalized spacial score (nSPS) is 14.4. The lowest BCUT2D eigenvalue weighted by Gasteiger charge is -1.86. The summed E-state index contributed by atoms with van der Waals surface area (Å²) in [5.74, 6) is -0.412. The van der Waals surface area contributed by atoms with Crippen LogP contribution in [0.2, 0.25) is 5.82 Å². The maximum Gasteiger partial charge on any atom is 0.118 e. The third-order valence-corrected chi connectivity index (χ3v) is 0.572. The molecule has 0 aliphatic heterocycles. The molecule has 0 saturated heterocycles. The molecule has 2 heteroatoms. The predicted molar refractivity (Wildman–Crippen MR) is 30.4 cm³/mol. The first-order valence-electron chi connectivity index (χ1n) is 2.15. The molecule has 0 aliphatic carbocycles. The fraction of sp³-hybridized carbons (Fsp3) is 0.400. The Balaban J connectivity index is 3.35. The van der Waals surface area contributed by atoms with E-state index in [4.69, 9.17) is 7.85 Å². The van der Waals surface area contributed by atoms with Gasteiger partial charge in [-0.25, -0.2) is 0 Å². The molecular weight excluding hydrogens is 86.9 g/mol. The standard InChI is InChI=1S/C5H7BO/c1-2-3-5(6)4-7/h2-5H,1H3/b3-2-. The van der Waals surface area contributed by atoms with Crippen molar-refractivity contribution in [3.05, 3.63) is 12.2 Å². The number of rotatable bonds is 2. The molecule has 0 aromatic rings. The van der Waals surface area contributed by atoms with Gasteiger partial charge in [0.15, 0.2) is 0 Å². The van der Waals surface area contributed by atoms with Crippen molar-refractivity contribution in [2.75, 3.05) is 0 Å². The smallest absolute Gasteiger partial charge is 0.118 e. The molecule has 0 bridgehead atoms. The molecule has 0 spiro atoms. The van der Waals surface area contributed by atoms with Gasteiger partial charge in [-0.3, -0.25) is 0 Å². The van der Waals surface area contributed by atoms with Crippen LogP contribution in [0.4, 0.5) is 0 Å². The average molecular weight is 93.9 g/mol. The van der Waals surface area contributed by atoms with Crippen LogP contribution in [0.1, 0.15) is 6.92 Å². The van der Waals surface area contributed by atoms with Crippen LogP contribution in [0.5, 0.6) is 0 Å². The van der Waals surface area contributed by atoms with Gasteiger partial charge in [-0.1, -0.05) is 12.2 Å². The minimum Gasteiger partial charge on any atom is -0.304 e. The lowest BCUT2D eigenvalue weighted by atomic mass is 9.89. The largest absolute Gasteiger partial charge is 0.304 e. The highest BCUT2D eigenvalue weighted by atomic mass is 16.1. The summed E-state index contributed by atoms with van der Waals surface area (Å²) < 4.78 is 0. The first-order valence-corrected chi connectivity index (χ1v) is 2.15. The van der Waals surface area contributed by atoms with E-state index in [1.54, 1.807) is 12.2 Å². The summed E-state index contributed by atoms with van der Waals surface area (Å²) in [7, 11) is 5.13. The second kappa shape index (κ2) is 3.66. The molecule has 0 heterocycles. The van der Waals surface area contributed by atoms with Crippen LogP contribution >= 0.6 is 0 Å². The van der Waals surface area contributed by atoms with Gasteiger partial charge in [0.05, 0.1) is 7.85 Å². The van der Waals surface area contributed by atoms with Gasteiger partial charge < -0.3 is 4.79 Å². The lowest BCUT2D eigenvalue weighted by molar-refractivity contribution is -0.107. The highest BCUT2D eigenvalue weighted by molar-refractivity contribution is 6.21. The molecule has 0 saturated carbocycles. The molecule has 1 unspecified atom stereocenters. The van der Waals surface area contributed by atoms with E-state index < -0.39 is 5.82 Å². The first kappa shape index (κ1) is 6.47. The molecule has 0 aromatic heterocycles. The summed E-state index contributed by atoms with van der Waals surface area (Å²) in [6, 6.07) is 0.